The van der Waals surface area contributed by atoms with E-state index in [1.807, 2.05) is 11.7 Å². The van der Waals surface area contributed by atoms with E-state index in [9.17, 15) is 0 Å². The van der Waals surface area contributed by atoms with Gasteiger partial charge in [0.2, 0.25) is 0 Å². The van der Waals surface area contributed by atoms with E-state index in [1.54, 1.807) is 0 Å². The zero-order valence-corrected chi connectivity index (χ0v) is 9.45. The minimum absolute atomic E-state index is 0.857. The standard InChI is InChI=1S/C11H18N4/c1-3-10-9(8-15(2)14-10)7-13-11-5-4-6-12-11/h8H,3-7H2,1-2H3,(H,12,13). The van der Waals surface area contributed by atoms with Crippen LogP contribution in [0.15, 0.2) is 11.2 Å². The van der Waals surface area contributed by atoms with E-state index in [1.165, 1.54) is 17.7 Å². The predicted octanol–water partition coefficient (Wildman–Crippen LogP) is 1.26. The molecule has 0 bridgehead atoms. The highest BCUT2D eigenvalue weighted by Gasteiger charge is 2.08. The smallest absolute Gasteiger partial charge is 0.0966 e. The summed E-state index contributed by atoms with van der Waals surface area (Å²) in [6.07, 6.45) is 5.36. The topological polar surface area (TPSA) is 42.2 Å². The molecule has 2 rings (SSSR count). The van der Waals surface area contributed by atoms with E-state index in [2.05, 4.69) is 28.5 Å². The molecule has 1 aliphatic heterocycles. The molecular formula is C11H18N4. The molecule has 4 heteroatoms. The molecule has 4 nitrogen and oxygen atoms in total. The van der Waals surface area contributed by atoms with E-state index < -0.39 is 0 Å². The van der Waals surface area contributed by atoms with Crippen LogP contribution in [0.3, 0.4) is 0 Å². The first-order valence-corrected chi connectivity index (χ1v) is 5.58. The van der Waals surface area contributed by atoms with Gasteiger partial charge in [-0.15, -0.1) is 0 Å². The van der Waals surface area contributed by atoms with Crippen LogP contribution >= 0.6 is 0 Å². The van der Waals surface area contributed by atoms with E-state index in [4.69, 9.17) is 0 Å². The van der Waals surface area contributed by atoms with Crippen LogP contribution in [0.25, 0.3) is 0 Å². The lowest BCUT2D eigenvalue weighted by Crippen LogP contribution is -2.20. The first-order valence-electron chi connectivity index (χ1n) is 5.58. The predicted molar refractivity (Wildman–Crippen MR) is 61.0 cm³/mol. The molecular weight excluding hydrogens is 188 g/mol. The minimum Gasteiger partial charge on any atom is -0.370 e. The van der Waals surface area contributed by atoms with Crippen LogP contribution in [0, 0.1) is 0 Å². The summed E-state index contributed by atoms with van der Waals surface area (Å²) in [6.45, 7) is 3.98. The molecule has 1 aromatic rings. The Morgan fingerprint density at radius 2 is 2.40 bits per heavy atom. The zero-order chi connectivity index (χ0) is 10.7. The van der Waals surface area contributed by atoms with Crippen LogP contribution in [0.1, 0.15) is 31.0 Å². The lowest BCUT2D eigenvalue weighted by Gasteiger charge is -2.04. The quantitative estimate of drug-likeness (QED) is 0.809. The summed E-state index contributed by atoms with van der Waals surface area (Å²) in [7, 11) is 1.97. The van der Waals surface area contributed by atoms with Crippen molar-refractivity contribution in [3.8, 4) is 0 Å². The SMILES string of the molecule is CCc1nn(C)cc1CNC1=NCCC1. The Morgan fingerprint density at radius 1 is 1.53 bits per heavy atom. The second-order valence-corrected chi connectivity index (χ2v) is 3.91. The van der Waals surface area contributed by atoms with Crippen molar-refractivity contribution in [1.29, 1.82) is 0 Å². The molecule has 0 fully saturated rings. The van der Waals surface area contributed by atoms with E-state index in [0.29, 0.717) is 0 Å². The van der Waals surface area contributed by atoms with Gasteiger partial charge in [0.25, 0.3) is 0 Å². The Balaban J connectivity index is 1.97. The molecule has 0 saturated heterocycles. The number of amidine groups is 1. The van der Waals surface area contributed by atoms with Crippen LogP contribution in [0.5, 0.6) is 0 Å². The van der Waals surface area contributed by atoms with Crippen LogP contribution < -0.4 is 5.32 Å². The maximum absolute atomic E-state index is 4.41. The average molecular weight is 206 g/mol. The van der Waals surface area contributed by atoms with Gasteiger partial charge in [0.05, 0.1) is 11.5 Å². The number of aryl methyl sites for hydroxylation is 2. The average Bonchev–Trinajstić information content (AvgIpc) is 2.83. The number of nitrogens with one attached hydrogen (secondary N) is 1. The molecule has 0 aromatic carbocycles. The molecule has 0 aliphatic carbocycles. The molecule has 0 atom stereocenters. The van der Waals surface area contributed by atoms with Crippen molar-refractivity contribution in [3.05, 3.63) is 17.5 Å². The van der Waals surface area contributed by atoms with E-state index >= 15 is 0 Å². The normalized spacial score (nSPS) is 15.5. The van der Waals surface area contributed by atoms with Gasteiger partial charge in [0, 0.05) is 38.3 Å². The first kappa shape index (κ1) is 10.2. The van der Waals surface area contributed by atoms with Gasteiger partial charge in [0.1, 0.15) is 0 Å². The molecule has 0 spiro atoms. The fraction of sp³-hybridized carbons (Fsp3) is 0.636. The summed E-state index contributed by atoms with van der Waals surface area (Å²) in [5, 5.41) is 7.79. The van der Waals surface area contributed by atoms with Gasteiger partial charge in [-0.3, -0.25) is 9.67 Å². The maximum Gasteiger partial charge on any atom is 0.0966 e. The van der Waals surface area contributed by atoms with Gasteiger partial charge >= 0.3 is 0 Å². The van der Waals surface area contributed by atoms with Gasteiger partial charge < -0.3 is 5.32 Å². The molecule has 1 N–H and O–H groups in total. The summed E-state index contributed by atoms with van der Waals surface area (Å²) >= 11 is 0. The van der Waals surface area contributed by atoms with Crippen LogP contribution in [-0.4, -0.2) is 22.2 Å². The molecule has 0 amide bonds. The number of hydrogen-bond donors (Lipinski definition) is 1. The maximum atomic E-state index is 4.41. The molecule has 0 radical (unpaired) electrons. The van der Waals surface area contributed by atoms with Crippen LogP contribution in [-0.2, 0) is 20.0 Å². The van der Waals surface area contributed by atoms with Crippen molar-refractivity contribution in [2.24, 2.45) is 12.0 Å². The van der Waals surface area contributed by atoms with Crippen LogP contribution in [0.2, 0.25) is 0 Å². The molecule has 15 heavy (non-hydrogen) atoms. The number of rotatable bonds is 3. The summed E-state index contributed by atoms with van der Waals surface area (Å²) < 4.78 is 1.88. The largest absolute Gasteiger partial charge is 0.370 e. The zero-order valence-electron chi connectivity index (χ0n) is 9.45. The number of hydrogen-bond acceptors (Lipinski definition) is 3. The summed E-state index contributed by atoms with van der Waals surface area (Å²) in [5.74, 6) is 1.15. The Bertz CT molecular complexity index is 365. The fourth-order valence-electron chi connectivity index (χ4n) is 1.91. The third-order valence-electron chi connectivity index (χ3n) is 2.68. The monoisotopic (exact) mass is 206 g/mol. The Kier molecular flexibility index (Phi) is 3.04. The van der Waals surface area contributed by atoms with Crippen molar-refractivity contribution in [1.82, 2.24) is 15.1 Å². The molecule has 2 heterocycles. The van der Waals surface area contributed by atoms with E-state index in [-0.39, 0.29) is 0 Å². The highest BCUT2D eigenvalue weighted by atomic mass is 15.3. The summed E-state index contributed by atoms with van der Waals surface area (Å²) in [5.41, 5.74) is 2.47. The van der Waals surface area contributed by atoms with Crippen molar-refractivity contribution in [2.75, 3.05) is 6.54 Å². The van der Waals surface area contributed by atoms with E-state index in [0.717, 1.165) is 31.8 Å². The Hall–Kier alpha value is -1.32. The lowest BCUT2D eigenvalue weighted by molar-refractivity contribution is 0.746. The van der Waals surface area contributed by atoms with Gasteiger partial charge in [-0.1, -0.05) is 6.92 Å². The number of aliphatic imine (C=N–C) groups is 1. The highest BCUT2D eigenvalue weighted by molar-refractivity contribution is 5.83. The van der Waals surface area contributed by atoms with Crippen molar-refractivity contribution in [3.63, 3.8) is 0 Å². The summed E-state index contributed by atoms with van der Waals surface area (Å²) in [6, 6.07) is 0. The second kappa shape index (κ2) is 4.47. The summed E-state index contributed by atoms with van der Waals surface area (Å²) in [4.78, 5) is 4.39. The van der Waals surface area contributed by atoms with Crippen LogP contribution in [0.4, 0.5) is 0 Å². The molecule has 1 aromatic heterocycles. The third kappa shape index (κ3) is 2.37. The molecule has 0 unspecified atom stereocenters. The molecule has 0 saturated carbocycles. The van der Waals surface area contributed by atoms with Gasteiger partial charge in [-0.25, -0.2) is 0 Å². The molecule has 82 valence electrons. The second-order valence-electron chi connectivity index (χ2n) is 3.91. The van der Waals surface area contributed by atoms with Gasteiger partial charge in [0.15, 0.2) is 0 Å². The van der Waals surface area contributed by atoms with Crippen molar-refractivity contribution < 1.29 is 0 Å². The first-order chi connectivity index (χ1) is 7.29. The lowest BCUT2D eigenvalue weighted by atomic mass is 10.2. The number of aromatic nitrogens is 2. The van der Waals surface area contributed by atoms with Crippen molar-refractivity contribution in [2.45, 2.75) is 32.7 Å². The Labute approximate surface area is 90.4 Å². The number of nitrogens with zero attached hydrogens (tertiary/aromatic N) is 3. The Morgan fingerprint density at radius 3 is 3.07 bits per heavy atom. The van der Waals surface area contributed by atoms with Gasteiger partial charge in [-0.05, 0) is 12.8 Å². The van der Waals surface area contributed by atoms with Crippen molar-refractivity contribution >= 4 is 5.84 Å². The van der Waals surface area contributed by atoms with Gasteiger partial charge in [-0.2, -0.15) is 5.10 Å². The molecule has 1 aliphatic rings. The highest BCUT2D eigenvalue weighted by Crippen LogP contribution is 2.08. The minimum atomic E-state index is 0.857. The third-order valence-corrected chi connectivity index (χ3v) is 2.68. The fourth-order valence-corrected chi connectivity index (χ4v) is 1.91.